The molecule has 126 valence electrons. The van der Waals surface area contributed by atoms with Crippen LogP contribution in [0, 0.1) is 11.7 Å². The van der Waals surface area contributed by atoms with Gasteiger partial charge < -0.3 is 10.6 Å². The minimum Gasteiger partial charge on any atom is -0.345 e. The molecule has 3 nitrogen and oxygen atoms in total. The third-order valence-corrected chi connectivity index (χ3v) is 4.85. The average molecular weight is 391 g/mol. The van der Waals surface area contributed by atoms with Crippen molar-refractivity contribution in [3.63, 3.8) is 0 Å². The molecule has 1 heterocycles. The van der Waals surface area contributed by atoms with Crippen molar-refractivity contribution in [3.05, 3.63) is 69.9 Å². The van der Waals surface area contributed by atoms with Crippen molar-refractivity contribution in [2.75, 3.05) is 13.1 Å². The molecule has 0 aromatic heterocycles. The third-order valence-electron chi connectivity index (χ3n) is 4.36. The number of amides is 1. The van der Waals surface area contributed by atoms with E-state index in [1.807, 2.05) is 30.3 Å². The molecular formula is C19H20BrFN2O. The first-order valence-corrected chi connectivity index (χ1v) is 8.95. The number of nitrogens with one attached hydrogen (secondary N) is 2. The monoisotopic (exact) mass is 390 g/mol. The summed E-state index contributed by atoms with van der Waals surface area (Å²) >= 11 is 3.28. The Morgan fingerprint density at radius 3 is 2.71 bits per heavy atom. The fraction of sp³-hybridized carbons (Fsp3) is 0.316. The van der Waals surface area contributed by atoms with Crippen molar-refractivity contribution >= 4 is 21.8 Å². The Balaban J connectivity index is 1.89. The van der Waals surface area contributed by atoms with Crippen LogP contribution in [0.2, 0.25) is 0 Å². The van der Waals surface area contributed by atoms with E-state index in [9.17, 15) is 9.18 Å². The summed E-state index contributed by atoms with van der Waals surface area (Å²) in [6, 6.07) is 14.0. The van der Waals surface area contributed by atoms with E-state index in [-0.39, 0.29) is 17.6 Å². The number of piperidine rings is 1. The molecule has 2 N–H and O–H groups in total. The molecule has 0 radical (unpaired) electrons. The predicted molar refractivity (Wildman–Crippen MR) is 96.1 cm³/mol. The SMILES string of the molecule is O=C(NC(c1ccccc1)c1ccc(Br)cc1F)C1CCCNC1. The van der Waals surface area contributed by atoms with Gasteiger partial charge in [-0.15, -0.1) is 0 Å². The van der Waals surface area contributed by atoms with Crippen LogP contribution in [0.25, 0.3) is 0 Å². The highest BCUT2D eigenvalue weighted by Gasteiger charge is 2.26. The Hall–Kier alpha value is -1.72. The molecule has 2 atom stereocenters. The Morgan fingerprint density at radius 2 is 2.04 bits per heavy atom. The van der Waals surface area contributed by atoms with Gasteiger partial charge in [-0.05, 0) is 37.1 Å². The second-order valence-electron chi connectivity index (χ2n) is 6.06. The topological polar surface area (TPSA) is 41.1 Å². The number of rotatable bonds is 4. The summed E-state index contributed by atoms with van der Waals surface area (Å²) in [5.74, 6) is -0.429. The maximum atomic E-state index is 14.5. The van der Waals surface area contributed by atoms with Gasteiger partial charge in [0.1, 0.15) is 5.82 Å². The molecule has 0 spiro atoms. The summed E-state index contributed by atoms with van der Waals surface area (Å²) in [7, 11) is 0. The molecule has 2 aromatic rings. The van der Waals surface area contributed by atoms with E-state index in [1.165, 1.54) is 6.07 Å². The zero-order valence-corrected chi connectivity index (χ0v) is 14.9. The highest BCUT2D eigenvalue weighted by Crippen LogP contribution is 2.27. The molecule has 1 aliphatic heterocycles. The average Bonchev–Trinajstić information content (AvgIpc) is 2.61. The van der Waals surface area contributed by atoms with Crippen LogP contribution in [0.3, 0.4) is 0 Å². The first kappa shape index (κ1) is 17.1. The normalized spacial score (nSPS) is 18.8. The van der Waals surface area contributed by atoms with E-state index in [4.69, 9.17) is 0 Å². The molecule has 1 amide bonds. The number of carbonyl (C=O) groups excluding carboxylic acids is 1. The Labute approximate surface area is 149 Å². The Bertz CT molecular complexity index is 702. The van der Waals surface area contributed by atoms with Crippen LogP contribution in [0.15, 0.2) is 53.0 Å². The number of benzene rings is 2. The van der Waals surface area contributed by atoms with Crippen molar-refractivity contribution in [3.8, 4) is 0 Å². The molecule has 1 fully saturated rings. The molecule has 0 saturated carbocycles. The minimum atomic E-state index is -0.492. The Kier molecular flexibility index (Phi) is 5.63. The maximum absolute atomic E-state index is 14.5. The van der Waals surface area contributed by atoms with E-state index < -0.39 is 6.04 Å². The molecule has 5 heteroatoms. The molecule has 3 rings (SSSR count). The van der Waals surface area contributed by atoms with Gasteiger partial charge in [-0.25, -0.2) is 4.39 Å². The summed E-state index contributed by atoms with van der Waals surface area (Å²) < 4.78 is 15.2. The summed E-state index contributed by atoms with van der Waals surface area (Å²) in [5.41, 5.74) is 1.34. The molecule has 2 unspecified atom stereocenters. The second-order valence-corrected chi connectivity index (χ2v) is 6.98. The second kappa shape index (κ2) is 7.90. The van der Waals surface area contributed by atoms with E-state index in [0.717, 1.165) is 24.9 Å². The first-order chi connectivity index (χ1) is 11.6. The quantitative estimate of drug-likeness (QED) is 0.833. The standard InChI is InChI=1S/C19H20BrFN2O/c20-15-8-9-16(17(21)11-15)18(13-5-2-1-3-6-13)23-19(24)14-7-4-10-22-12-14/h1-3,5-6,8-9,11,14,18,22H,4,7,10,12H2,(H,23,24). The van der Waals surface area contributed by atoms with Crippen LogP contribution in [0.1, 0.15) is 30.0 Å². The molecule has 0 bridgehead atoms. The summed E-state index contributed by atoms with van der Waals surface area (Å²) in [5, 5.41) is 6.29. The smallest absolute Gasteiger partial charge is 0.225 e. The molecule has 24 heavy (non-hydrogen) atoms. The number of hydrogen-bond donors (Lipinski definition) is 2. The molecular weight excluding hydrogens is 371 g/mol. The number of hydrogen-bond acceptors (Lipinski definition) is 2. The van der Waals surface area contributed by atoms with Gasteiger partial charge in [0.25, 0.3) is 0 Å². The fourth-order valence-electron chi connectivity index (χ4n) is 3.06. The van der Waals surface area contributed by atoms with Crippen molar-refractivity contribution in [2.45, 2.75) is 18.9 Å². The van der Waals surface area contributed by atoms with Gasteiger partial charge in [-0.3, -0.25) is 4.79 Å². The van der Waals surface area contributed by atoms with Gasteiger partial charge >= 0.3 is 0 Å². The number of carbonyl (C=O) groups is 1. The lowest BCUT2D eigenvalue weighted by Crippen LogP contribution is -2.42. The highest BCUT2D eigenvalue weighted by molar-refractivity contribution is 9.10. The van der Waals surface area contributed by atoms with Crippen LogP contribution >= 0.6 is 15.9 Å². The summed E-state index contributed by atoms with van der Waals surface area (Å²) in [4.78, 5) is 12.7. The zero-order valence-electron chi connectivity index (χ0n) is 13.3. The molecule has 1 saturated heterocycles. The first-order valence-electron chi connectivity index (χ1n) is 8.16. The summed E-state index contributed by atoms with van der Waals surface area (Å²) in [6.45, 7) is 1.63. The van der Waals surface area contributed by atoms with Crippen molar-refractivity contribution in [2.24, 2.45) is 5.92 Å². The lowest BCUT2D eigenvalue weighted by atomic mass is 9.95. The van der Waals surface area contributed by atoms with Crippen molar-refractivity contribution in [1.82, 2.24) is 10.6 Å². The summed E-state index contributed by atoms with van der Waals surface area (Å²) in [6.07, 6.45) is 1.85. The van der Waals surface area contributed by atoms with Gasteiger partial charge in [0.05, 0.1) is 12.0 Å². The van der Waals surface area contributed by atoms with Crippen LogP contribution in [-0.4, -0.2) is 19.0 Å². The third kappa shape index (κ3) is 4.02. The van der Waals surface area contributed by atoms with Crippen LogP contribution in [0.5, 0.6) is 0 Å². The zero-order chi connectivity index (χ0) is 16.9. The van der Waals surface area contributed by atoms with Gasteiger partial charge in [-0.1, -0.05) is 52.3 Å². The molecule has 2 aromatic carbocycles. The van der Waals surface area contributed by atoms with Crippen molar-refractivity contribution in [1.29, 1.82) is 0 Å². The van der Waals surface area contributed by atoms with E-state index in [0.29, 0.717) is 16.6 Å². The van der Waals surface area contributed by atoms with Gasteiger partial charge in [0.15, 0.2) is 0 Å². The number of halogens is 2. The lowest BCUT2D eigenvalue weighted by Gasteiger charge is -2.26. The minimum absolute atomic E-state index is 0.0293. The predicted octanol–water partition coefficient (Wildman–Crippen LogP) is 3.79. The van der Waals surface area contributed by atoms with E-state index in [2.05, 4.69) is 26.6 Å². The fourth-order valence-corrected chi connectivity index (χ4v) is 3.39. The van der Waals surface area contributed by atoms with Gasteiger partial charge in [0, 0.05) is 16.6 Å². The van der Waals surface area contributed by atoms with Crippen LogP contribution in [0.4, 0.5) is 4.39 Å². The van der Waals surface area contributed by atoms with Crippen LogP contribution in [-0.2, 0) is 4.79 Å². The van der Waals surface area contributed by atoms with Gasteiger partial charge in [-0.2, -0.15) is 0 Å². The molecule has 0 aliphatic carbocycles. The van der Waals surface area contributed by atoms with Gasteiger partial charge in [0.2, 0.25) is 5.91 Å². The molecule has 1 aliphatic rings. The van der Waals surface area contributed by atoms with E-state index in [1.54, 1.807) is 12.1 Å². The van der Waals surface area contributed by atoms with Crippen molar-refractivity contribution < 1.29 is 9.18 Å². The largest absolute Gasteiger partial charge is 0.345 e. The highest BCUT2D eigenvalue weighted by atomic mass is 79.9. The lowest BCUT2D eigenvalue weighted by molar-refractivity contribution is -0.126. The van der Waals surface area contributed by atoms with E-state index >= 15 is 0 Å². The maximum Gasteiger partial charge on any atom is 0.225 e. The van der Waals surface area contributed by atoms with Crippen LogP contribution < -0.4 is 10.6 Å². The Morgan fingerprint density at radius 1 is 1.25 bits per heavy atom.